The molecule has 0 atom stereocenters. The fraction of sp³-hybridized carbons (Fsp3) is 0.0476. The SMILES string of the molecule is O=C(N/N=C/c1ccc(OCc2ccc(Cl)cc2)cc1)c1ccc(F)cc1. The van der Waals surface area contributed by atoms with Crippen LogP contribution in [0.2, 0.25) is 5.02 Å². The molecule has 0 radical (unpaired) electrons. The highest BCUT2D eigenvalue weighted by molar-refractivity contribution is 6.30. The zero-order valence-electron chi connectivity index (χ0n) is 14.2. The molecule has 136 valence electrons. The molecule has 0 aromatic heterocycles. The molecule has 1 amide bonds. The van der Waals surface area contributed by atoms with Crippen LogP contribution >= 0.6 is 11.6 Å². The lowest BCUT2D eigenvalue weighted by Crippen LogP contribution is -2.17. The number of amides is 1. The third kappa shape index (κ3) is 5.66. The number of hydrogen-bond acceptors (Lipinski definition) is 3. The van der Waals surface area contributed by atoms with Crippen LogP contribution in [0.1, 0.15) is 21.5 Å². The maximum atomic E-state index is 12.8. The van der Waals surface area contributed by atoms with Crippen molar-refractivity contribution < 1.29 is 13.9 Å². The standard InChI is InChI=1S/C21H16ClFN2O2/c22-18-7-1-16(2-8-18)14-27-20-11-3-15(4-12-20)13-24-25-21(26)17-5-9-19(23)10-6-17/h1-13H,14H2,(H,25,26)/b24-13+. The highest BCUT2D eigenvalue weighted by atomic mass is 35.5. The Morgan fingerprint density at radius 1 is 1.00 bits per heavy atom. The van der Waals surface area contributed by atoms with E-state index in [-0.39, 0.29) is 0 Å². The fourth-order valence-corrected chi connectivity index (χ4v) is 2.35. The van der Waals surface area contributed by atoms with E-state index in [1.54, 1.807) is 0 Å². The van der Waals surface area contributed by atoms with Gasteiger partial charge >= 0.3 is 0 Å². The van der Waals surface area contributed by atoms with E-state index in [0.717, 1.165) is 16.9 Å². The minimum Gasteiger partial charge on any atom is -0.489 e. The summed E-state index contributed by atoms with van der Waals surface area (Å²) < 4.78 is 18.6. The largest absolute Gasteiger partial charge is 0.489 e. The Labute approximate surface area is 161 Å². The topological polar surface area (TPSA) is 50.7 Å². The molecule has 4 nitrogen and oxygen atoms in total. The minimum absolute atomic E-state index is 0.333. The van der Waals surface area contributed by atoms with Gasteiger partial charge in [0.2, 0.25) is 0 Å². The van der Waals surface area contributed by atoms with Gasteiger partial charge in [0.05, 0.1) is 6.21 Å². The van der Waals surface area contributed by atoms with Crippen molar-refractivity contribution >= 4 is 23.7 Å². The predicted octanol–water partition coefficient (Wildman–Crippen LogP) is 4.82. The summed E-state index contributed by atoms with van der Waals surface area (Å²) in [5.74, 6) is -0.0833. The van der Waals surface area contributed by atoms with Crippen molar-refractivity contribution in [1.29, 1.82) is 0 Å². The van der Waals surface area contributed by atoms with Crippen molar-refractivity contribution in [2.75, 3.05) is 0 Å². The van der Waals surface area contributed by atoms with Gasteiger partial charge in [-0.05, 0) is 71.8 Å². The van der Waals surface area contributed by atoms with Gasteiger partial charge in [-0.25, -0.2) is 9.82 Å². The molecule has 3 aromatic carbocycles. The van der Waals surface area contributed by atoms with Gasteiger partial charge in [-0.1, -0.05) is 23.7 Å². The number of nitrogens with zero attached hydrogens (tertiary/aromatic N) is 1. The third-order valence-corrected chi connectivity index (χ3v) is 3.94. The van der Waals surface area contributed by atoms with Crippen LogP contribution in [-0.2, 0) is 6.61 Å². The smallest absolute Gasteiger partial charge is 0.271 e. The molecule has 0 aliphatic carbocycles. The maximum Gasteiger partial charge on any atom is 0.271 e. The van der Waals surface area contributed by atoms with Crippen molar-refractivity contribution in [3.05, 3.63) is 100 Å². The number of hydrazone groups is 1. The van der Waals surface area contributed by atoms with Crippen molar-refractivity contribution in [2.24, 2.45) is 5.10 Å². The van der Waals surface area contributed by atoms with Gasteiger partial charge in [0.1, 0.15) is 18.2 Å². The monoisotopic (exact) mass is 382 g/mol. The van der Waals surface area contributed by atoms with Gasteiger partial charge in [-0.3, -0.25) is 4.79 Å². The summed E-state index contributed by atoms with van der Waals surface area (Å²) in [6.07, 6.45) is 1.52. The van der Waals surface area contributed by atoms with Gasteiger partial charge in [-0.15, -0.1) is 0 Å². The molecule has 0 aliphatic heterocycles. The lowest BCUT2D eigenvalue weighted by Gasteiger charge is -2.06. The minimum atomic E-state index is -0.408. The Balaban J connectivity index is 1.50. The molecule has 0 spiro atoms. The first kappa shape index (κ1) is 18.6. The van der Waals surface area contributed by atoms with Gasteiger partial charge in [-0.2, -0.15) is 5.10 Å². The zero-order valence-corrected chi connectivity index (χ0v) is 15.0. The number of benzene rings is 3. The first-order valence-corrected chi connectivity index (χ1v) is 8.54. The average Bonchev–Trinajstić information content (AvgIpc) is 2.69. The van der Waals surface area contributed by atoms with Crippen LogP contribution in [0.3, 0.4) is 0 Å². The Morgan fingerprint density at radius 3 is 2.33 bits per heavy atom. The molecule has 3 rings (SSSR count). The van der Waals surface area contributed by atoms with Crippen LogP contribution in [0.15, 0.2) is 77.9 Å². The summed E-state index contributed by atoms with van der Waals surface area (Å²) in [6, 6.07) is 20.0. The van der Waals surface area contributed by atoms with Gasteiger partial charge in [0.25, 0.3) is 5.91 Å². The van der Waals surface area contributed by atoms with Crippen LogP contribution in [0.5, 0.6) is 5.75 Å². The predicted molar refractivity (Wildman–Crippen MR) is 104 cm³/mol. The van der Waals surface area contributed by atoms with Gasteiger partial charge < -0.3 is 4.74 Å². The van der Waals surface area contributed by atoms with Crippen molar-refractivity contribution in [3.8, 4) is 5.75 Å². The molecule has 1 N–H and O–H groups in total. The molecular weight excluding hydrogens is 367 g/mol. The average molecular weight is 383 g/mol. The highest BCUT2D eigenvalue weighted by Gasteiger charge is 2.03. The molecule has 0 saturated carbocycles. The molecule has 3 aromatic rings. The van der Waals surface area contributed by atoms with E-state index in [2.05, 4.69) is 10.5 Å². The van der Waals surface area contributed by atoms with Crippen LogP contribution in [-0.4, -0.2) is 12.1 Å². The number of rotatable bonds is 6. The molecule has 0 heterocycles. The van der Waals surface area contributed by atoms with Crippen LogP contribution in [0.4, 0.5) is 4.39 Å². The van der Waals surface area contributed by atoms with Crippen LogP contribution in [0, 0.1) is 5.82 Å². The summed E-state index contributed by atoms with van der Waals surface area (Å²) in [6.45, 7) is 0.443. The van der Waals surface area contributed by atoms with Crippen LogP contribution < -0.4 is 10.2 Å². The molecule has 0 bridgehead atoms. The Bertz CT molecular complexity index is 924. The number of carbonyl (C=O) groups excluding carboxylic acids is 1. The molecule has 0 fully saturated rings. The van der Waals surface area contributed by atoms with Crippen molar-refractivity contribution in [3.63, 3.8) is 0 Å². The number of hydrogen-bond donors (Lipinski definition) is 1. The van der Waals surface area contributed by atoms with E-state index in [1.807, 2.05) is 48.5 Å². The van der Waals surface area contributed by atoms with E-state index in [4.69, 9.17) is 16.3 Å². The second kappa shape index (κ2) is 8.96. The number of halogens is 2. The maximum absolute atomic E-state index is 12.8. The van der Waals surface area contributed by atoms with Crippen molar-refractivity contribution in [2.45, 2.75) is 6.61 Å². The first-order valence-electron chi connectivity index (χ1n) is 8.16. The molecule has 27 heavy (non-hydrogen) atoms. The van der Waals surface area contributed by atoms with E-state index in [9.17, 15) is 9.18 Å². The Kier molecular flexibility index (Phi) is 6.18. The number of carbonyl (C=O) groups is 1. The second-order valence-electron chi connectivity index (χ2n) is 5.69. The van der Waals surface area contributed by atoms with Gasteiger partial charge in [0.15, 0.2) is 0 Å². The zero-order chi connectivity index (χ0) is 19.1. The lowest BCUT2D eigenvalue weighted by molar-refractivity contribution is 0.0955. The molecule has 0 unspecified atom stereocenters. The Hall–Kier alpha value is -3.18. The Morgan fingerprint density at radius 2 is 1.67 bits per heavy atom. The van der Waals surface area contributed by atoms with E-state index < -0.39 is 11.7 Å². The van der Waals surface area contributed by atoms with E-state index >= 15 is 0 Å². The third-order valence-electron chi connectivity index (χ3n) is 3.68. The van der Waals surface area contributed by atoms with Crippen LogP contribution in [0.25, 0.3) is 0 Å². The molecule has 6 heteroatoms. The van der Waals surface area contributed by atoms with E-state index in [0.29, 0.717) is 17.2 Å². The lowest BCUT2D eigenvalue weighted by atomic mass is 10.2. The summed E-state index contributed by atoms with van der Waals surface area (Å²) >= 11 is 5.85. The normalized spacial score (nSPS) is 10.7. The fourth-order valence-electron chi connectivity index (χ4n) is 2.23. The summed E-state index contributed by atoms with van der Waals surface area (Å²) in [5, 5.41) is 4.59. The summed E-state index contributed by atoms with van der Waals surface area (Å²) in [4.78, 5) is 11.9. The summed E-state index contributed by atoms with van der Waals surface area (Å²) in [5.41, 5.74) is 4.55. The second-order valence-corrected chi connectivity index (χ2v) is 6.13. The number of nitrogens with one attached hydrogen (secondary N) is 1. The molecule has 0 saturated heterocycles. The van der Waals surface area contributed by atoms with E-state index in [1.165, 1.54) is 30.5 Å². The van der Waals surface area contributed by atoms with Gasteiger partial charge in [0, 0.05) is 10.6 Å². The quantitative estimate of drug-likeness (QED) is 0.490. The highest BCUT2D eigenvalue weighted by Crippen LogP contribution is 2.15. The molecule has 0 aliphatic rings. The number of ether oxygens (including phenoxy) is 1. The van der Waals surface area contributed by atoms with Crippen molar-refractivity contribution in [1.82, 2.24) is 5.43 Å². The molecular formula is C21H16ClFN2O2. The summed E-state index contributed by atoms with van der Waals surface area (Å²) in [7, 11) is 0. The first-order chi connectivity index (χ1) is 13.1.